The SMILES string of the molecule is CC(CCC=O)N(C)Cc1c(C#CCCOCCN(C)F)cccc1C=O. The zero-order valence-corrected chi connectivity index (χ0v) is 16.4. The van der Waals surface area contributed by atoms with Gasteiger partial charge < -0.3 is 9.53 Å². The Kier molecular flexibility index (Phi) is 11.2. The predicted octanol–water partition coefficient (Wildman–Crippen LogP) is 2.87. The van der Waals surface area contributed by atoms with E-state index in [2.05, 4.69) is 23.7 Å². The first-order chi connectivity index (χ1) is 13.0. The molecule has 0 aliphatic rings. The van der Waals surface area contributed by atoms with Gasteiger partial charge >= 0.3 is 0 Å². The molecule has 0 amide bonds. The number of hydrogen-bond acceptors (Lipinski definition) is 5. The molecule has 0 saturated heterocycles. The van der Waals surface area contributed by atoms with E-state index in [0.29, 0.717) is 43.3 Å². The zero-order chi connectivity index (χ0) is 20.1. The number of halogens is 1. The van der Waals surface area contributed by atoms with Gasteiger partial charge in [-0.05, 0) is 32.0 Å². The molecule has 0 bridgehead atoms. The Hall–Kier alpha value is -2.07. The Bertz CT molecular complexity index is 653. The largest absolute Gasteiger partial charge is 0.379 e. The normalized spacial score (nSPS) is 11.9. The highest BCUT2D eigenvalue weighted by atomic mass is 19.2. The average molecular weight is 376 g/mol. The summed E-state index contributed by atoms with van der Waals surface area (Å²) >= 11 is 0. The standard InChI is InChI=1S/C21H29FN2O3/c1-18(8-7-13-25)23(2)16-21-19(10-6-11-20(21)17-26)9-4-5-14-27-15-12-24(3)22/h6,10-11,13,17-18H,5,7-8,12,14-16H2,1-3H3. The lowest BCUT2D eigenvalue weighted by molar-refractivity contribution is -0.108. The number of benzene rings is 1. The van der Waals surface area contributed by atoms with E-state index in [1.165, 1.54) is 7.05 Å². The molecule has 6 heteroatoms. The smallest absolute Gasteiger partial charge is 0.150 e. The van der Waals surface area contributed by atoms with Crippen LogP contribution in [0.5, 0.6) is 0 Å². The van der Waals surface area contributed by atoms with Crippen LogP contribution >= 0.6 is 0 Å². The van der Waals surface area contributed by atoms with Gasteiger partial charge in [-0.1, -0.05) is 24.0 Å². The van der Waals surface area contributed by atoms with Crippen molar-refractivity contribution in [3.05, 3.63) is 34.9 Å². The van der Waals surface area contributed by atoms with Crippen LogP contribution < -0.4 is 0 Å². The van der Waals surface area contributed by atoms with Crippen molar-refractivity contribution in [2.24, 2.45) is 0 Å². The molecule has 27 heavy (non-hydrogen) atoms. The van der Waals surface area contributed by atoms with Crippen LogP contribution in [0.3, 0.4) is 0 Å². The summed E-state index contributed by atoms with van der Waals surface area (Å²) in [6.45, 7) is 3.63. The molecule has 0 radical (unpaired) electrons. The third kappa shape index (κ3) is 8.91. The molecule has 0 saturated carbocycles. The first-order valence-corrected chi connectivity index (χ1v) is 9.14. The maximum atomic E-state index is 12.5. The Morgan fingerprint density at radius 3 is 2.70 bits per heavy atom. The van der Waals surface area contributed by atoms with Crippen molar-refractivity contribution in [1.29, 1.82) is 0 Å². The lowest BCUT2D eigenvalue weighted by Crippen LogP contribution is -2.29. The summed E-state index contributed by atoms with van der Waals surface area (Å²) in [6.07, 6.45) is 3.60. The number of aldehydes is 2. The number of hydrogen-bond donors (Lipinski definition) is 0. The number of rotatable bonds is 12. The van der Waals surface area contributed by atoms with E-state index >= 15 is 0 Å². The second-order valence-corrected chi connectivity index (χ2v) is 6.49. The maximum Gasteiger partial charge on any atom is 0.150 e. The summed E-state index contributed by atoms with van der Waals surface area (Å²) < 4.78 is 17.8. The van der Waals surface area contributed by atoms with Crippen molar-refractivity contribution in [3.63, 3.8) is 0 Å². The highest BCUT2D eigenvalue weighted by molar-refractivity contribution is 5.78. The van der Waals surface area contributed by atoms with E-state index in [4.69, 9.17) is 4.74 Å². The zero-order valence-electron chi connectivity index (χ0n) is 16.4. The molecular formula is C21H29FN2O3. The van der Waals surface area contributed by atoms with Crippen LogP contribution in [0.25, 0.3) is 0 Å². The van der Waals surface area contributed by atoms with Crippen LogP contribution in [0, 0.1) is 11.8 Å². The molecule has 1 atom stereocenters. The number of carbonyl (C=O) groups is 2. The average Bonchev–Trinajstić information content (AvgIpc) is 2.65. The molecule has 0 heterocycles. The predicted molar refractivity (Wildman–Crippen MR) is 104 cm³/mol. The third-order valence-corrected chi connectivity index (χ3v) is 4.34. The van der Waals surface area contributed by atoms with Gasteiger partial charge in [0.15, 0.2) is 0 Å². The van der Waals surface area contributed by atoms with E-state index in [0.717, 1.165) is 30.1 Å². The van der Waals surface area contributed by atoms with Crippen LogP contribution in [-0.2, 0) is 16.1 Å². The summed E-state index contributed by atoms with van der Waals surface area (Å²) in [5.41, 5.74) is 2.33. The highest BCUT2D eigenvalue weighted by Gasteiger charge is 2.14. The number of likely N-dealkylation sites (N-methyl/N-ethyl adjacent to an activating group) is 1. The van der Waals surface area contributed by atoms with Crippen molar-refractivity contribution < 1.29 is 18.8 Å². The Balaban J connectivity index is 2.74. The molecule has 1 aromatic carbocycles. The lowest BCUT2D eigenvalue weighted by atomic mass is 10.0. The number of ether oxygens (including phenoxy) is 1. The number of nitrogens with zero attached hydrogens (tertiary/aromatic N) is 2. The summed E-state index contributed by atoms with van der Waals surface area (Å²) in [5.74, 6) is 6.17. The Morgan fingerprint density at radius 1 is 1.26 bits per heavy atom. The summed E-state index contributed by atoms with van der Waals surface area (Å²) in [5, 5.41) is 0.579. The van der Waals surface area contributed by atoms with Crippen molar-refractivity contribution in [2.75, 3.05) is 33.9 Å². The fourth-order valence-corrected chi connectivity index (χ4v) is 2.52. The molecule has 1 unspecified atom stereocenters. The van der Waals surface area contributed by atoms with E-state index in [-0.39, 0.29) is 12.6 Å². The van der Waals surface area contributed by atoms with Gasteiger partial charge in [0.2, 0.25) is 0 Å². The second-order valence-electron chi connectivity index (χ2n) is 6.49. The summed E-state index contributed by atoms with van der Waals surface area (Å²) in [4.78, 5) is 24.1. The van der Waals surface area contributed by atoms with Crippen molar-refractivity contribution in [2.45, 2.75) is 38.8 Å². The fourth-order valence-electron chi connectivity index (χ4n) is 2.52. The number of carbonyl (C=O) groups excluding carboxylic acids is 2. The molecule has 0 spiro atoms. The molecule has 0 aliphatic carbocycles. The minimum absolute atomic E-state index is 0.220. The van der Waals surface area contributed by atoms with Crippen molar-refractivity contribution in [1.82, 2.24) is 10.0 Å². The third-order valence-electron chi connectivity index (χ3n) is 4.34. The van der Waals surface area contributed by atoms with Crippen molar-refractivity contribution in [3.8, 4) is 11.8 Å². The topological polar surface area (TPSA) is 49.9 Å². The van der Waals surface area contributed by atoms with Gasteiger partial charge in [-0.2, -0.15) is 0 Å². The van der Waals surface area contributed by atoms with Crippen LogP contribution in [0.1, 0.15) is 47.7 Å². The molecule has 1 aromatic rings. The summed E-state index contributed by atoms with van der Waals surface area (Å²) in [6, 6.07) is 5.73. The van der Waals surface area contributed by atoms with E-state index in [1.54, 1.807) is 6.07 Å². The van der Waals surface area contributed by atoms with Crippen LogP contribution in [0.2, 0.25) is 0 Å². The van der Waals surface area contributed by atoms with Gasteiger partial charge in [0, 0.05) is 43.6 Å². The van der Waals surface area contributed by atoms with Gasteiger partial charge in [0.05, 0.1) is 19.8 Å². The highest BCUT2D eigenvalue weighted by Crippen LogP contribution is 2.17. The molecule has 0 N–H and O–H groups in total. The van der Waals surface area contributed by atoms with Crippen LogP contribution in [-0.4, -0.2) is 62.5 Å². The minimum atomic E-state index is 0.220. The first kappa shape index (κ1) is 23.0. The van der Waals surface area contributed by atoms with Gasteiger partial charge in [-0.15, -0.1) is 9.60 Å². The summed E-state index contributed by atoms with van der Waals surface area (Å²) in [7, 11) is 3.32. The van der Waals surface area contributed by atoms with Gasteiger partial charge in [0.25, 0.3) is 0 Å². The molecule has 148 valence electrons. The van der Waals surface area contributed by atoms with Gasteiger partial charge in [0.1, 0.15) is 12.6 Å². The maximum absolute atomic E-state index is 12.5. The molecule has 0 fully saturated rings. The van der Waals surface area contributed by atoms with E-state index in [1.807, 2.05) is 19.2 Å². The molecular weight excluding hydrogens is 347 g/mol. The molecule has 0 aromatic heterocycles. The first-order valence-electron chi connectivity index (χ1n) is 9.14. The Morgan fingerprint density at radius 2 is 2.04 bits per heavy atom. The van der Waals surface area contributed by atoms with E-state index < -0.39 is 0 Å². The molecule has 0 aliphatic heterocycles. The van der Waals surface area contributed by atoms with Crippen LogP contribution in [0.15, 0.2) is 18.2 Å². The van der Waals surface area contributed by atoms with Crippen molar-refractivity contribution >= 4 is 12.6 Å². The minimum Gasteiger partial charge on any atom is -0.379 e. The second kappa shape index (κ2) is 13.2. The Labute approximate surface area is 161 Å². The van der Waals surface area contributed by atoms with E-state index in [9.17, 15) is 14.1 Å². The van der Waals surface area contributed by atoms with Crippen LogP contribution in [0.4, 0.5) is 4.48 Å². The van der Waals surface area contributed by atoms with Gasteiger partial charge in [-0.25, -0.2) is 0 Å². The fraction of sp³-hybridized carbons (Fsp3) is 0.524. The lowest BCUT2D eigenvalue weighted by Gasteiger charge is -2.25. The monoisotopic (exact) mass is 376 g/mol. The quantitative estimate of drug-likeness (QED) is 0.243. The molecule has 1 rings (SSSR count). The van der Waals surface area contributed by atoms with Gasteiger partial charge in [-0.3, -0.25) is 9.69 Å². The molecule has 5 nitrogen and oxygen atoms in total.